The van der Waals surface area contributed by atoms with Crippen molar-refractivity contribution in [1.29, 1.82) is 0 Å². The van der Waals surface area contributed by atoms with Crippen LogP contribution in [0.15, 0.2) is 42.5 Å². The monoisotopic (exact) mass is 390 g/mol. The fourth-order valence-electron chi connectivity index (χ4n) is 3.48. The minimum atomic E-state index is -0.395. The van der Waals surface area contributed by atoms with Crippen molar-refractivity contribution in [1.82, 2.24) is 10.6 Å². The molecule has 0 aromatic heterocycles. The molecule has 0 aliphatic carbocycles. The van der Waals surface area contributed by atoms with E-state index in [-0.39, 0.29) is 36.9 Å². The Hall–Kier alpha value is -2.11. The van der Waals surface area contributed by atoms with Crippen molar-refractivity contribution in [2.45, 2.75) is 31.7 Å². The number of hydrogen-bond donors (Lipinski definition) is 2. The van der Waals surface area contributed by atoms with Crippen LogP contribution in [0.3, 0.4) is 0 Å². The van der Waals surface area contributed by atoms with E-state index >= 15 is 0 Å². The largest absolute Gasteiger partial charge is 0.469 e. The first-order valence-corrected chi connectivity index (χ1v) is 9.24. The van der Waals surface area contributed by atoms with Crippen LogP contribution in [0.4, 0.5) is 0 Å². The maximum Gasteiger partial charge on any atom is 0.310 e. The van der Waals surface area contributed by atoms with Gasteiger partial charge in [-0.3, -0.25) is 9.59 Å². The van der Waals surface area contributed by atoms with Gasteiger partial charge < -0.3 is 15.4 Å². The Morgan fingerprint density at radius 3 is 2.67 bits per heavy atom. The van der Waals surface area contributed by atoms with Crippen molar-refractivity contribution in [3.05, 3.63) is 48.0 Å². The number of nitrogens with one attached hydrogen (secondary N) is 2. The van der Waals surface area contributed by atoms with Gasteiger partial charge in [0.05, 0.1) is 19.1 Å². The van der Waals surface area contributed by atoms with E-state index in [0.717, 1.165) is 36.8 Å². The zero-order valence-electron chi connectivity index (χ0n) is 15.6. The smallest absolute Gasteiger partial charge is 0.310 e. The standard InChI is InChI=1S/C21H26N2O3.ClH/c1-26-21(25)18(14-23-20(24)19-8-4-5-11-22-19)13-15-9-10-16-6-2-3-7-17(16)12-15;/h2-3,6-7,9-10,12,18-19,22H,4-5,8,11,13-14H2,1H3,(H,23,24);1H. The summed E-state index contributed by atoms with van der Waals surface area (Å²) in [6, 6.07) is 14.2. The van der Waals surface area contributed by atoms with E-state index in [1.54, 1.807) is 0 Å². The minimum Gasteiger partial charge on any atom is -0.469 e. The molecule has 1 aliphatic rings. The van der Waals surface area contributed by atoms with E-state index in [2.05, 4.69) is 34.9 Å². The Morgan fingerprint density at radius 2 is 1.96 bits per heavy atom. The first-order valence-electron chi connectivity index (χ1n) is 9.24. The molecule has 2 aromatic rings. The minimum absolute atomic E-state index is 0. The van der Waals surface area contributed by atoms with Crippen molar-refractivity contribution in [2.24, 2.45) is 5.92 Å². The number of carbonyl (C=O) groups excluding carboxylic acids is 2. The van der Waals surface area contributed by atoms with Crippen LogP contribution >= 0.6 is 12.4 Å². The van der Waals surface area contributed by atoms with Gasteiger partial charge in [-0.05, 0) is 42.1 Å². The van der Waals surface area contributed by atoms with E-state index < -0.39 is 5.92 Å². The van der Waals surface area contributed by atoms with Crippen molar-refractivity contribution < 1.29 is 14.3 Å². The normalized spacial score (nSPS) is 17.6. The number of carbonyl (C=O) groups is 2. The summed E-state index contributed by atoms with van der Waals surface area (Å²) in [5.74, 6) is -0.721. The van der Waals surface area contributed by atoms with Gasteiger partial charge in [0, 0.05) is 6.54 Å². The van der Waals surface area contributed by atoms with Gasteiger partial charge in [-0.1, -0.05) is 48.9 Å². The predicted molar refractivity (Wildman–Crippen MR) is 109 cm³/mol. The Labute approximate surface area is 166 Å². The van der Waals surface area contributed by atoms with E-state index in [1.165, 1.54) is 12.5 Å². The van der Waals surface area contributed by atoms with Crippen LogP contribution in [-0.2, 0) is 20.7 Å². The highest BCUT2D eigenvalue weighted by Crippen LogP contribution is 2.18. The number of piperidine rings is 1. The first kappa shape index (κ1) is 21.2. The highest BCUT2D eigenvalue weighted by molar-refractivity contribution is 5.85. The summed E-state index contributed by atoms with van der Waals surface area (Å²) in [6.45, 7) is 1.16. The third-order valence-electron chi connectivity index (χ3n) is 4.98. The molecule has 0 radical (unpaired) electrons. The van der Waals surface area contributed by atoms with Gasteiger partial charge in [0.2, 0.25) is 5.91 Å². The average Bonchev–Trinajstić information content (AvgIpc) is 2.70. The average molecular weight is 391 g/mol. The molecule has 0 bridgehead atoms. The van der Waals surface area contributed by atoms with E-state index in [1.807, 2.05) is 18.2 Å². The topological polar surface area (TPSA) is 67.4 Å². The fourth-order valence-corrected chi connectivity index (χ4v) is 3.48. The van der Waals surface area contributed by atoms with Gasteiger partial charge in [0.15, 0.2) is 0 Å². The molecule has 1 saturated heterocycles. The van der Waals surface area contributed by atoms with Gasteiger partial charge in [0.25, 0.3) is 0 Å². The van der Waals surface area contributed by atoms with Gasteiger partial charge in [-0.2, -0.15) is 0 Å². The molecule has 3 rings (SSSR count). The molecule has 146 valence electrons. The number of benzene rings is 2. The van der Waals surface area contributed by atoms with Crippen molar-refractivity contribution in [3.8, 4) is 0 Å². The molecule has 2 aromatic carbocycles. The lowest BCUT2D eigenvalue weighted by Crippen LogP contribution is -2.48. The van der Waals surface area contributed by atoms with Gasteiger partial charge in [-0.15, -0.1) is 12.4 Å². The SMILES string of the molecule is COC(=O)C(CNC(=O)C1CCCCN1)Cc1ccc2ccccc2c1.Cl. The summed E-state index contributed by atoms with van der Waals surface area (Å²) in [5, 5.41) is 8.46. The number of fused-ring (bicyclic) bond motifs is 1. The maximum absolute atomic E-state index is 12.3. The summed E-state index contributed by atoms with van der Waals surface area (Å²) in [6.07, 6.45) is 3.55. The zero-order valence-corrected chi connectivity index (χ0v) is 16.4. The quantitative estimate of drug-likeness (QED) is 0.744. The first-order chi connectivity index (χ1) is 12.7. The molecule has 2 atom stereocenters. The number of methoxy groups -OCH3 is 1. The molecule has 1 heterocycles. The molecule has 2 N–H and O–H groups in total. The Bertz CT molecular complexity index is 775. The lowest BCUT2D eigenvalue weighted by atomic mass is 9.96. The van der Waals surface area contributed by atoms with Gasteiger partial charge in [-0.25, -0.2) is 0 Å². The highest BCUT2D eigenvalue weighted by Gasteiger charge is 2.24. The zero-order chi connectivity index (χ0) is 18.4. The molecular weight excluding hydrogens is 364 g/mol. The molecule has 1 fully saturated rings. The van der Waals surface area contributed by atoms with E-state index in [4.69, 9.17) is 4.74 Å². The lowest BCUT2D eigenvalue weighted by Gasteiger charge is -2.23. The van der Waals surface area contributed by atoms with Gasteiger partial charge in [0.1, 0.15) is 0 Å². The molecule has 27 heavy (non-hydrogen) atoms. The third-order valence-corrected chi connectivity index (χ3v) is 4.98. The molecule has 1 aliphatic heterocycles. The highest BCUT2D eigenvalue weighted by atomic mass is 35.5. The summed E-state index contributed by atoms with van der Waals surface area (Å²) in [4.78, 5) is 24.5. The van der Waals surface area contributed by atoms with Crippen LogP contribution in [-0.4, -0.2) is 38.1 Å². The molecule has 5 nitrogen and oxygen atoms in total. The van der Waals surface area contributed by atoms with Crippen LogP contribution in [0.1, 0.15) is 24.8 Å². The van der Waals surface area contributed by atoms with Crippen LogP contribution in [0.5, 0.6) is 0 Å². The number of ether oxygens (including phenoxy) is 1. The second-order valence-electron chi connectivity index (χ2n) is 6.85. The van der Waals surface area contributed by atoms with Gasteiger partial charge >= 0.3 is 5.97 Å². The van der Waals surface area contributed by atoms with E-state index in [0.29, 0.717) is 6.42 Å². The molecule has 1 amide bonds. The Kier molecular flexibility index (Phi) is 8.07. The predicted octanol–water partition coefficient (Wildman–Crippen LogP) is 2.85. The second-order valence-corrected chi connectivity index (χ2v) is 6.85. The Morgan fingerprint density at radius 1 is 1.19 bits per heavy atom. The van der Waals surface area contributed by atoms with Crippen LogP contribution < -0.4 is 10.6 Å². The molecular formula is C21H27ClN2O3. The number of hydrogen-bond acceptors (Lipinski definition) is 4. The summed E-state index contributed by atoms with van der Waals surface area (Å²) < 4.78 is 4.94. The number of amides is 1. The second kappa shape index (κ2) is 10.3. The van der Waals surface area contributed by atoms with Crippen molar-refractivity contribution >= 4 is 35.1 Å². The third kappa shape index (κ3) is 5.68. The Balaban J connectivity index is 0.00000261. The molecule has 6 heteroatoms. The van der Waals surface area contributed by atoms with E-state index in [9.17, 15) is 9.59 Å². The maximum atomic E-state index is 12.3. The van der Waals surface area contributed by atoms with Crippen LogP contribution in [0, 0.1) is 5.92 Å². The summed E-state index contributed by atoms with van der Waals surface area (Å²) >= 11 is 0. The van der Waals surface area contributed by atoms with Crippen LogP contribution in [0.25, 0.3) is 10.8 Å². The molecule has 2 unspecified atom stereocenters. The number of esters is 1. The fraction of sp³-hybridized carbons (Fsp3) is 0.429. The molecule has 0 saturated carbocycles. The number of rotatable bonds is 6. The number of halogens is 1. The van der Waals surface area contributed by atoms with Crippen LogP contribution in [0.2, 0.25) is 0 Å². The molecule has 0 spiro atoms. The van der Waals surface area contributed by atoms with Crippen molar-refractivity contribution in [2.75, 3.05) is 20.2 Å². The van der Waals surface area contributed by atoms with Crippen molar-refractivity contribution in [3.63, 3.8) is 0 Å². The summed E-state index contributed by atoms with van der Waals surface area (Å²) in [7, 11) is 1.39. The summed E-state index contributed by atoms with van der Waals surface area (Å²) in [5.41, 5.74) is 1.06. The lowest BCUT2D eigenvalue weighted by molar-refractivity contribution is -0.145.